The first kappa shape index (κ1) is 20.2. The number of likely N-dealkylation sites (tertiary alicyclic amines) is 1. The van der Waals surface area contributed by atoms with Crippen molar-refractivity contribution in [1.29, 1.82) is 0 Å². The van der Waals surface area contributed by atoms with E-state index in [2.05, 4.69) is 46.9 Å². The Hall–Kier alpha value is -2.70. The molecule has 5 rings (SSSR count). The molecule has 1 aromatic carbocycles. The second kappa shape index (κ2) is 7.77. The summed E-state index contributed by atoms with van der Waals surface area (Å²) in [7, 11) is 0. The van der Waals surface area contributed by atoms with Gasteiger partial charge >= 0.3 is 0 Å². The predicted octanol–water partition coefficient (Wildman–Crippen LogP) is 2.24. The monoisotopic (exact) mass is 417 g/mol. The number of imidazole rings is 1. The van der Waals surface area contributed by atoms with E-state index in [9.17, 15) is 4.79 Å². The first-order valence-electron chi connectivity index (χ1n) is 11.3. The fourth-order valence-corrected chi connectivity index (χ4v) is 5.05. The minimum atomic E-state index is -0.0747. The fourth-order valence-electron chi connectivity index (χ4n) is 5.05. The number of H-pyrrole nitrogens is 1. The summed E-state index contributed by atoms with van der Waals surface area (Å²) in [5.41, 5.74) is 8.98. The SMILES string of the molecule is Cc1nc2c(n1C(=O)c1cc3cc(C4CCN(C(C)C)CC4)ccc3[nH]1)=CCC(N)C=2. The summed E-state index contributed by atoms with van der Waals surface area (Å²) in [6, 6.07) is 9.15. The highest BCUT2D eigenvalue weighted by Crippen LogP contribution is 2.31. The molecule has 31 heavy (non-hydrogen) atoms. The van der Waals surface area contributed by atoms with Crippen molar-refractivity contribution < 1.29 is 4.79 Å². The van der Waals surface area contributed by atoms with Gasteiger partial charge in [0, 0.05) is 23.0 Å². The van der Waals surface area contributed by atoms with Crippen LogP contribution in [0.25, 0.3) is 23.1 Å². The van der Waals surface area contributed by atoms with Crippen molar-refractivity contribution >= 4 is 29.0 Å². The highest BCUT2D eigenvalue weighted by Gasteiger charge is 2.23. The van der Waals surface area contributed by atoms with Crippen LogP contribution in [0.1, 0.15) is 60.9 Å². The van der Waals surface area contributed by atoms with E-state index in [1.165, 1.54) is 18.4 Å². The Bertz CT molecular complexity index is 1260. The molecule has 0 bridgehead atoms. The van der Waals surface area contributed by atoms with Crippen LogP contribution < -0.4 is 16.4 Å². The van der Waals surface area contributed by atoms with Gasteiger partial charge in [-0.3, -0.25) is 9.36 Å². The van der Waals surface area contributed by atoms with Gasteiger partial charge in [-0.15, -0.1) is 0 Å². The average Bonchev–Trinajstić information content (AvgIpc) is 3.32. The molecule has 0 amide bonds. The summed E-state index contributed by atoms with van der Waals surface area (Å²) in [5, 5.41) is 2.74. The Balaban J connectivity index is 1.44. The van der Waals surface area contributed by atoms with Crippen LogP contribution in [-0.2, 0) is 0 Å². The van der Waals surface area contributed by atoms with Crippen LogP contribution in [0.2, 0.25) is 0 Å². The van der Waals surface area contributed by atoms with Crippen LogP contribution in [-0.4, -0.2) is 50.5 Å². The maximum absolute atomic E-state index is 13.4. The molecule has 6 heteroatoms. The van der Waals surface area contributed by atoms with Gasteiger partial charge in [0.05, 0.1) is 10.7 Å². The zero-order chi connectivity index (χ0) is 21.7. The second-order valence-electron chi connectivity index (χ2n) is 9.27. The molecule has 1 aliphatic heterocycles. The van der Waals surface area contributed by atoms with Gasteiger partial charge in [-0.2, -0.15) is 0 Å². The van der Waals surface area contributed by atoms with Crippen LogP contribution in [0.15, 0.2) is 24.3 Å². The van der Waals surface area contributed by atoms with Crippen molar-refractivity contribution in [1.82, 2.24) is 19.4 Å². The van der Waals surface area contributed by atoms with Gasteiger partial charge in [0.1, 0.15) is 11.5 Å². The lowest BCUT2D eigenvalue weighted by atomic mass is 9.88. The predicted molar refractivity (Wildman–Crippen MR) is 124 cm³/mol. The quantitative estimate of drug-likeness (QED) is 0.685. The van der Waals surface area contributed by atoms with Crippen molar-refractivity contribution in [2.24, 2.45) is 5.73 Å². The maximum atomic E-state index is 13.4. The lowest BCUT2D eigenvalue weighted by molar-refractivity contribution is 0.0950. The van der Waals surface area contributed by atoms with Gasteiger partial charge in [0.15, 0.2) is 0 Å². The average molecular weight is 418 g/mol. The van der Waals surface area contributed by atoms with Crippen molar-refractivity contribution in [2.45, 2.75) is 58.0 Å². The topological polar surface area (TPSA) is 79.9 Å². The van der Waals surface area contributed by atoms with Crippen LogP contribution >= 0.6 is 0 Å². The number of hydrogen-bond acceptors (Lipinski definition) is 4. The second-order valence-corrected chi connectivity index (χ2v) is 9.27. The lowest BCUT2D eigenvalue weighted by Crippen LogP contribution is -2.39. The molecule has 3 N–H and O–H groups in total. The molecule has 1 atom stereocenters. The lowest BCUT2D eigenvalue weighted by Gasteiger charge is -2.34. The van der Waals surface area contributed by atoms with E-state index >= 15 is 0 Å². The van der Waals surface area contributed by atoms with Crippen LogP contribution in [0.5, 0.6) is 0 Å². The normalized spacial score (nSPS) is 20.0. The molecule has 162 valence electrons. The number of nitrogens with two attached hydrogens (primary N) is 1. The fraction of sp³-hybridized carbons (Fsp3) is 0.440. The minimum Gasteiger partial charge on any atom is -0.351 e. The van der Waals surface area contributed by atoms with E-state index in [-0.39, 0.29) is 11.9 Å². The minimum absolute atomic E-state index is 0.0377. The number of carbonyl (C=O) groups excluding carboxylic acids is 1. The molecule has 1 unspecified atom stereocenters. The summed E-state index contributed by atoms with van der Waals surface area (Å²) < 4.78 is 1.70. The molecule has 0 spiro atoms. The number of nitrogens with one attached hydrogen (secondary N) is 1. The number of nitrogens with zero attached hydrogens (tertiary/aromatic N) is 3. The molecule has 0 radical (unpaired) electrons. The smallest absolute Gasteiger partial charge is 0.280 e. The molecule has 2 aliphatic rings. The number of carbonyl (C=O) groups is 1. The summed E-state index contributed by atoms with van der Waals surface area (Å²) in [6.45, 7) is 8.72. The van der Waals surface area contributed by atoms with E-state index in [4.69, 9.17) is 5.73 Å². The zero-order valence-corrected chi connectivity index (χ0v) is 18.6. The Kier molecular flexibility index (Phi) is 5.07. The molecule has 2 aromatic heterocycles. The molecule has 1 fully saturated rings. The summed E-state index contributed by atoms with van der Waals surface area (Å²) in [5.74, 6) is 1.20. The first-order chi connectivity index (χ1) is 14.9. The van der Waals surface area contributed by atoms with Crippen molar-refractivity contribution in [3.05, 3.63) is 52.0 Å². The van der Waals surface area contributed by atoms with E-state index in [1.807, 2.05) is 25.1 Å². The highest BCUT2D eigenvalue weighted by atomic mass is 16.2. The van der Waals surface area contributed by atoms with E-state index in [0.717, 1.165) is 41.1 Å². The molecule has 3 aromatic rings. The van der Waals surface area contributed by atoms with Gasteiger partial charge in [0.2, 0.25) is 0 Å². The number of benzene rings is 1. The number of aromatic amines is 1. The third-order valence-electron chi connectivity index (χ3n) is 6.87. The molecule has 1 saturated heterocycles. The van der Waals surface area contributed by atoms with Crippen molar-refractivity contribution in [2.75, 3.05) is 13.1 Å². The standard InChI is InChI=1S/C25H31N5O/c1-15(2)29-10-8-17(9-11-29)18-4-6-21-19(12-18)13-23(28-21)25(31)30-16(3)27-22-14-20(26)5-7-24(22)30/h4,6-7,12-15,17,20,28H,5,8-11,26H2,1-3H3. The van der Waals surface area contributed by atoms with Gasteiger partial charge in [0.25, 0.3) is 5.91 Å². The van der Waals surface area contributed by atoms with Crippen LogP contribution in [0.3, 0.4) is 0 Å². The van der Waals surface area contributed by atoms with Crippen molar-refractivity contribution in [3.8, 4) is 0 Å². The van der Waals surface area contributed by atoms with Gasteiger partial charge in [-0.1, -0.05) is 12.1 Å². The number of aromatic nitrogens is 3. The Labute approximate surface area is 182 Å². The number of rotatable bonds is 3. The molecule has 1 aliphatic carbocycles. The number of hydrogen-bond donors (Lipinski definition) is 2. The third kappa shape index (κ3) is 3.64. The molecule has 3 heterocycles. The van der Waals surface area contributed by atoms with E-state index in [0.29, 0.717) is 23.5 Å². The van der Waals surface area contributed by atoms with Crippen LogP contribution in [0, 0.1) is 6.92 Å². The zero-order valence-electron chi connectivity index (χ0n) is 18.6. The molecule has 6 nitrogen and oxygen atoms in total. The number of fused-ring (bicyclic) bond motifs is 2. The van der Waals surface area contributed by atoms with E-state index in [1.54, 1.807) is 4.57 Å². The third-order valence-corrected chi connectivity index (χ3v) is 6.87. The number of aryl methyl sites for hydroxylation is 1. The van der Waals surface area contributed by atoms with Gasteiger partial charge in [-0.05, 0) is 88.9 Å². The molecular weight excluding hydrogens is 386 g/mol. The summed E-state index contributed by atoms with van der Waals surface area (Å²) >= 11 is 0. The Morgan fingerprint density at radius 3 is 2.74 bits per heavy atom. The number of piperidine rings is 1. The van der Waals surface area contributed by atoms with Gasteiger partial charge in [-0.25, -0.2) is 4.98 Å². The first-order valence-corrected chi connectivity index (χ1v) is 11.3. The van der Waals surface area contributed by atoms with Crippen molar-refractivity contribution in [3.63, 3.8) is 0 Å². The maximum Gasteiger partial charge on any atom is 0.280 e. The summed E-state index contributed by atoms with van der Waals surface area (Å²) in [6.07, 6.45) is 7.05. The summed E-state index contributed by atoms with van der Waals surface area (Å²) in [4.78, 5) is 23.8. The Morgan fingerprint density at radius 1 is 1.23 bits per heavy atom. The highest BCUT2D eigenvalue weighted by molar-refractivity contribution is 5.99. The van der Waals surface area contributed by atoms with Crippen LogP contribution in [0.4, 0.5) is 0 Å². The largest absolute Gasteiger partial charge is 0.351 e. The van der Waals surface area contributed by atoms with E-state index < -0.39 is 0 Å². The van der Waals surface area contributed by atoms with Gasteiger partial charge < -0.3 is 15.6 Å². The Morgan fingerprint density at radius 2 is 2.00 bits per heavy atom. The molecular formula is C25H31N5O. The molecule has 0 saturated carbocycles.